The van der Waals surface area contributed by atoms with Crippen LogP contribution in [-0.2, 0) is 17.8 Å². The molecule has 0 aliphatic carbocycles. The Morgan fingerprint density at radius 2 is 1.70 bits per heavy atom. The molecule has 0 unspecified atom stereocenters. The molecular weight excluding hydrogens is 380 g/mol. The lowest BCUT2D eigenvalue weighted by atomic mass is 10.1. The minimum Gasteiger partial charge on any atom is -0.493 e. The van der Waals surface area contributed by atoms with E-state index in [1.165, 1.54) is 0 Å². The lowest BCUT2D eigenvalue weighted by Gasteiger charge is -2.09. The second-order valence-corrected chi connectivity index (χ2v) is 6.51. The van der Waals surface area contributed by atoms with Crippen molar-refractivity contribution >= 4 is 12.1 Å². The van der Waals surface area contributed by atoms with E-state index < -0.39 is 0 Å². The molecule has 0 saturated heterocycles. The zero-order valence-electron chi connectivity index (χ0n) is 17.0. The molecule has 0 atom stereocenters. The third-order valence-electron chi connectivity index (χ3n) is 4.32. The Bertz CT molecular complexity index is 1000. The van der Waals surface area contributed by atoms with Crippen LogP contribution in [0.2, 0.25) is 0 Å². The van der Waals surface area contributed by atoms with Gasteiger partial charge in [-0.3, -0.25) is 4.79 Å². The standard InChI is InChI=1S/C24H24N2O4/c1-28-22-12-11-19(14-23(22)29-2)15-24(27)26-25-16-20-9-6-10-21(13-20)30-17-18-7-4-3-5-8-18/h3-14,16H,15,17H2,1-2H3,(H,26,27)/b25-16-. The molecule has 0 fully saturated rings. The Morgan fingerprint density at radius 3 is 2.47 bits per heavy atom. The molecule has 0 aliphatic heterocycles. The molecule has 3 aromatic rings. The third-order valence-corrected chi connectivity index (χ3v) is 4.32. The van der Waals surface area contributed by atoms with Gasteiger partial charge >= 0.3 is 0 Å². The fraction of sp³-hybridized carbons (Fsp3) is 0.167. The first-order valence-corrected chi connectivity index (χ1v) is 9.47. The summed E-state index contributed by atoms with van der Waals surface area (Å²) in [4.78, 5) is 12.2. The summed E-state index contributed by atoms with van der Waals surface area (Å²) in [6.07, 6.45) is 1.76. The average molecular weight is 404 g/mol. The lowest BCUT2D eigenvalue weighted by Crippen LogP contribution is -2.19. The van der Waals surface area contributed by atoms with Crippen LogP contribution in [-0.4, -0.2) is 26.3 Å². The van der Waals surface area contributed by atoms with Crippen molar-refractivity contribution < 1.29 is 19.0 Å². The van der Waals surface area contributed by atoms with Crippen LogP contribution >= 0.6 is 0 Å². The number of benzene rings is 3. The summed E-state index contributed by atoms with van der Waals surface area (Å²) in [5.74, 6) is 1.71. The Balaban J connectivity index is 1.53. The van der Waals surface area contributed by atoms with Crippen LogP contribution in [0, 0.1) is 0 Å². The van der Waals surface area contributed by atoms with Crippen molar-refractivity contribution in [3.05, 3.63) is 89.5 Å². The quantitative estimate of drug-likeness (QED) is 0.433. The molecule has 0 aromatic heterocycles. The van der Waals surface area contributed by atoms with Crippen LogP contribution in [0.3, 0.4) is 0 Å². The maximum absolute atomic E-state index is 12.2. The smallest absolute Gasteiger partial charge is 0.244 e. The number of nitrogens with one attached hydrogen (secondary N) is 1. The van der Waals surface area contributed by atoms with Crippen LogP contribution < -0.4 is 19.6 Å². The normalized spacial score (nSPS) is 10.6. The Kier molecular flexibility index (Phi) is 7.44. The summed E-state index contributed by atoms with van der Waals surface area (Å²) in [5.41, 5.74) is 5.27. The van der Waals surface area contributed by atoms with Crippen molar-refractivity contribution in [3.8, 4) is 17.2 Å². The van der Waals surface area contributed by atoms with Crippen molar-refractivity contribution in [1.29, 1.82) is 0 Å². The molecule has 1 N–H and O–H groups in total. The molecule has 6 nitrogen and oxygen atoms in total. The molecule has 0 heterocycles. The Hall–Kier alpha value is -3.80. The number of nitrogens with zero attached hydrogens (tertiary/aromatic N) is 1. The molecular formula is C24H24N2O4. The zero-order chi connectivity index (χ0) is 21.2. The Morgan fingerprint density at radius 1 is 0.900 bits per heavy atom. The number of hydrogen-bond donors (Lipinski definition) is 1. The van der Waals surface area contributed by atoms with Gasteiger partial charge in [-0.1, -0.05) is 48.5 Å². The van der Waals surface area contributed by atoms with Crippen LogP contribution in [0.4, 0.5) is 0 Å². The van der Waals surface area contributed by atoms with Gasteiger partial charge in [0, 0.05) is 0 Å². The largest absolute Gasteiger partial charge is 0.493 e. The van der Waals surface area contributed by atoms with Gasteiger partial charge in [-0.25, -0.2) is 5.43 Å². The molecule has 0 radical (unpaired) electrons. The van der Waals surface area contributed by atoms with E-state index in [2.05, 4.69) is 10.5 Å². The highest BCUT2D eigenvalue weighted by Gasteiger charge is 2.08. The number of hydrazone groups is 1. The molecule has 3 rings (SSSR count). The SMILES string of the molecule is COc1ccc(CC(=O)N/N=C\c2cccc(OCc3ccccc3)c2)cc1OC. The number of rotatable bonds is 9. The topological polar surface area (TPSA) is 69.2 Å². The highest BCUT2D eigenvalue weighted by atomic mass is 16.5. The summed E-state index contributed by atoms with van der Waals surface area (Å²) < 4.78 is 16.3. The van der Waals surface area contributed by atoms with Gasteiger partial charge in [-0.2, -0.15) is 5.10 Å². The highest BCUT2D eigenvalue weighted by molar-refractivity contribution is 5.83. The second kappa shape index (κ2) is 10.7. The molecule has 6 heteroatoms. The maximum Gasteiger partial charge on any atom is 0.244 e. The van der Waals surface area contributed by atoms with Gasteiger partial charge in [0.05, 0.1) is 26.9 Å². The summed E-state index contributed by atoms with van der Waals surface area (Å²) >= 11 is 0. The van der Waals surface area contributed by atoms with Crippen LogP contribution in [0.1, 0.15) is 16.7 Å². The number of hydrogen-bond acceptors (Lipinski definition) is 5. The molecule has 154 valence electrons. The van der Waals surface area contributed by atoms with E-state index in [0.29, 0.717) is 18.1 Å². The molecule has 30 heavy (non-hydrogen) atoms. The van der Waals surface area contributed by atoms with Crippen LogP contribution in [0.15, 0.2) is 77.9 Å². The van der Waals surface area contributed by atoms with Gasteiger partial charge < -0.3 is 14.2 Å². The van der Waals surface area contributed by atoms with Gasteiger partial charge in [-0.15, -0.1) is 0 Å². The van der Waals surface area contributed by atoms with Crippen molar-refractivity contribution in [2.45, 2.75) is 13.0 Å². The first-order chi connectivity index (χ1) is 14.7. The summed E-state index contributed by atoms with van der Waals surface area (Å²) in [6.45, 7) is 0.490. The number of amides is 1. The lowest BCUT2D eigenvalue weighted by molar-refractivity contribution is -0.120. The fourth-order valence-electron chi connectivity index (χ4n) is 2.82. The fourth-order valence-corrected chi connectivity index (χ4v) is 2.82. The van der Waals surface area contributed by atoms with Gasteiger partial charge in [0.1, 0.15) is 12.4 Å². The van der Waals surface area contributed by atoms with Crippen molar-refractivity contribution in [3.63, 3.8) is 0 Å². The van der Waals surface area contributed by atoms with Gasteiger partial charge in [0.15, 0.2) is 11.5 Å². The van der Waals surface area contributed by atoms with Crippen molar-refractivity contribution in [2.75, 3.05) is 14.2 Å². The first-order valence-electron chi connectivity index (χ1n) is 9.47. The number of carbonyl (C=O) groups excluding carboxylic acids is 1. The van der Waals surface area contributed by atoms with Gasteiger partial charge in [0.2, 0.25) is 5.91 Å². The molecule has 1 amide bonds. The van der Waals surface area contributed by atoms with Crippen LogP contribution in [0.5, 0.6) is 17.2 Å². The molecule has 0 aliphatic rings. The molecule has 0 saturated carbocycles. The molecule has 0 spiro atoms. The predicted octanol–water partition coefficient (Wildman–Crippen LogP) is 3.98. The number of carbonyl (C=O) groups is 1. The Labute approximate surface area is 176 Å². The van der Waals surface area contributed by atoms with Crippen molar-refractivity contribution in [1.82, 2.24) is 5.43 Å². The van der Waals surface area contributed by atoms with Crippen LogP contribution in [0.25, 0.3) is 0 Å². The number of methoxy groups -OCH3 is 2. The summed E-state index contributed by atoms with van der Waals surface area (Å²) in [5, 5.41) is 4.04. The van der Waals surface area contributed by atoms with Crippen molar-refractivity contribution in [2.24, 2.45) is 5.10 Å². The van der Waals surface area contributed by atoms with E-state index in [9.17, 15) is 4.79 Å². The van der Waals surface area contributed by atoms with Gasteiger partial charge in [0.25, 0.3) is 0 Å². The molecule has 3 aromatic carbocycles. The zero-order valence-corrected chi connectivity index (χ0v) is 17.0. The second-order valence-electron chi connectivity index (χ2n) is 6.51. The van der Waals surface area contributed by atoms with Gasteiger partial charge in [-0.05, 0) is 41.0 Å². The van der Waals surface area contributed by atoms with E-state index in [-0.39, 0.29) is 12.3 Å². The first kappa shape index (κ1) is 20.9. The monoisotopic (exact) mass is 404 g/mol. The van der Waals surface area contributed by atoms with E-state index in [1.807, 2.05) is 60.7 Å². The average Bonchev–Trinajstić information content (AvgIpc) is 2.78. The minimum atomic E-state index is -0.227. The van der Waals surface area contributed by atoms with E-state index >= 15 is 0 Å². The molecule has 0 bridgehead atoms. The predicted molar refractivity (Wildman–Crippen MR) is 116 cm³/mol. The van der Waals surface area contributed by atoms with E-state index in [0.717, 1.165) is 22.4 Å². The van der Waals surface area contributed by atoms with E-state index in [1.54, 1.807) is 32.6 Å². The number of ether oxygens (including phenoxy) is 3. The third kappa shape index (κ3) is 6.10. The maximum atomic E-state index is 12.2. The van der Waals surface area contributed by atoms with E-state index in [4.69, 9.17) is 14.2 Å². The minimum absolute atomic E-state index is 0.178. The summed E-state index contributed by atoms with van der Waals surface area (Å²) in [6, 6.07) is 22.8. The summed E-state index contributed by atoms with van der Waals surface area (Å²) in [7, 11) is 3.13. The highest BCUT2D eigenvalue weighted by Crippen LogP contribution is 2.27.